The van der Waals surface area contributed by atoms with Gasteiger partial charge in [-0.25, -0.2) is 0 Å². The van der Waals surface area contributed by atoms with Crippen molar-refractivity contribution >= 4 is 16.8 Å². The number of amides is 1. The van der Waals surface area contributed by atoms with Crippen LogP contribution in [0.5, 0.6) is 11.5 Å². The molecule has 0 bridgehead atoms. The Bertz CT molecular complexity index is 1160. The molecule has 0 aliphatic carbocycles. The van der Waals surface area contributed by atoms with Crippen molar-refractivity contribution in [3.8, 4) is 11.5 Å². The summed E-state index contributed by atoms with van der Waals surface area (Å²) in [6, 6.07) is 12.3. The second kappa shape index (κ2) is 12.3. The molecule has 1 unspecified atom stereocenters. The molecule has 0 saturated heterocycles. The van der Waals surface area contributed by atoms with E-state index in [1.807, 2.05) is 49.7 Å². The van der Waals surface area contributed by atoms with E-state index >= 15 is 0 Å². The van der Waals surface area contributed by atoms with Crippen LogP contribution >= 0.6 is 0 Å². The zero-order valence-electron chi connectivity index (χ0n) is 22.3. The lowest BCUT2D eigenvalue weighted by atomic mass is 10.0. The van der Waals surface area contributed by atoms with Gasteiger partial charge in [-0.2, -0.15) is 0 Å². The number of hydrogen-bond donors (Lipinski definition) is 3. The minimum atomic E-state index is -0.442. The summed E-state index contributed by atoms with van der Waals surface area (Å²) in [4.78, 5) is 12.2. The minimum Gasteiger partial charge on any atom is -0.488 e. The van der Waals surface area contributed by atoms with Gasteiger partial charge in [-0.05, 0) is 88.4 Å². The number of rotatable bonds is 13. The smallest absolute Gasteiger partial charge is 0.250 e. The Balaban J connectivity index is 1.60. The molecular weight excluding hydrogens is 454 g/mol. The zero-order chi connectivity index (χ0) is 26.3. The van der Waals surface area contributed by atoms with Crippen molar-refractivity contribution < 1.29 is 19.4 Å². The number of aliphatic hydroxyl groups is 1. The van der Waals surface area contributed by atoms with E-state index in [1.54, 1.807) is 0 Å². The molecule has 0 radical (unpaired) electrons. The van der Waals surface area contributed by atoms with Crippen LogP contribution in [0.15, 0.2) is 42.6 Å². The lowest BCUT2D eigenvalue weighted by Crippen LogP contribution is -2.32. The number of nitrogens with one attached hydrogen (secondary N) is 1. The van der Waals surface area contributed by atoms with Crippen molar-refractivity contribution in [1.82, 2.24) is 9.88 Å². The van der Waals surface area contributed by atoms with Gasteiger partial charge in [-0.15, -0.1) is 0 Å². The second-order valence-corrected chi connectivity index (χ2v) is 10.3. The highest BCUT2D eigenvalue weighted by atomic mass is 16.5. The van der Waals surface area contributed by atoms with Crippen molar-refractivity contribution in [2.75, 3.05) is 19.8 Å². The zero-order valence-corrected chi connectivity index (χ0v) is 22.3. The van der Waals surface area contributed by atoms with Crippen molar-refractivity contribution in [1.29, 1.82) is 0 Å². The van der Waals surface area contributed by atoms with Crippen LogP contribution in [-0.2, 0) is 19.4 Å². The predicted octanol–water partition coefficient (Wildman–Crippen LogP) is 4.46. The highest BCUT2D eigenvalue weighted by Gasteiger charge is 2.17. The van der Waals surface area contributed by atoms with Gasteiger partial charge in [0.25, 0.3) is 5.91 Å². The number of benzene rings is 2. The molecule has 7 heteroatoms. The third-order valence-corrected chi connectivity index (χ3v) is 5.97. The summed E-state index contributed by atoms with van der Waals surface area (Å²) >= 11 is 0. The number of aromatic nitrogens is 1. The number of nitrogens with zero attached hydrogens (tertiary/aromatic N) is 1. The Hall–Kier alpha value is -3.03. The Kier molecular flexibility index (Phi) is 9.40. The van der Waals surface area contributed by atoms with Crippen LogP contribution in [0.3, 0.4) is 0 Å². The molecule has 7 nitrogen and oxygen atoms in total. The van der Waals surface area contributed by atoms with Crippen LogP contribution in [-0.4, -0.2) is 47.0 Å². The summed E-state index contributed by atoms with van der Waals surface area (Å²) in [7, 11) is 0. The number of aryl methyl sites for hydroxylation is 2. The average molecular weight is 496 g/mol. The number of ether oxygens (including phenoxy) is 2. The second-order valence-electron chi connectivity index (χ2n) is 10.3. The van der Waals surface area contributed by atoms with Crippen molar-refractivity contribution in [2.45, 2.75) is 72.1 Å². The van der Waals surface area contributed by atoms with Crippen LogP contribution in [0, 0.1) is 0 Å². The van der Waals surface area contributed by atoms with Crippen molar-refractivity contribution in [3.63, 3.8) is 0 Å². The third-order valence-electron chi connectivity index (χ3n) is 5.97. The summed E-state index contributed by atoms with van der Waals surface area (Å²) in [5, 5.41) is 13.7. The van der Waals surface area contributed by atoms with Crippen LogP contribution in [0.2, 0.25) is 0 Å². The number of fused-ring (bicyclic) bond motifs is 1. The molecule has 36 heavy (non-hydrogen) atoms. The van der Waals surface area contributed by atoms with E-state index in [4.69, 9.17) is 20.3 Å². The maximum atomic E-state index is 12.2. The molecule has 2 aromatic carbocycles. The molecule has 3 aromatic rings. The van der Waals surface area contributed by atoms with Gasteiger partial charge in [-0.1, -0.05) is 13.0 Å². The fraction of sp³-hybridized carbons (Fsp3) is 0.483. The van der Waals surface area contributed by atoms with Crippen LogP contribution in [0.1, 0.15) is 62.5 Å². The third kappa shape index (κ3) is 7.48. The van der Waals surface area contributed by atoms with Gasteiger partial charge in [0.2, 0.25) is 0 Å². The molecule has 1 aromatic heterocycles. The normalized spacial score (nSPS) is 12.6. The number of aliphatic hydroxyl groups excluding tert-OH is 1. The van der Waals surface area contributed by atoms with Crippen molar-refractivity contribution in [2.24, 2.45) is 5.73 Å². The Morgan fingerprint density at radius 3 is 2.58 bits per heavy atom. The van der Waals surface area contributed by atoms with E-state index in [-0.39, 0.29) is 18.2 Å². The van der Waals surface area contributed by atoms with Gasteiger partial charge < -0.3 is 30.2 Å². The molecule has 196 valence electrons. The van der Waals surface area contributed by atoms with Gasteiger partial charge in [0.15, 0.2) is 11.5 Å². The molecule has 1 atom stereocenters. The largest absolute Gasteiger partial charge is 0.488 e. The van der Waals surface area contributed by atoms with E-state index in [0.717, 1.165) is 40.8 Å². The maximum Gasteiger partial charge on any atom is 0.250 e. The van der Waals surface area contributed by atoms with Crippen molar-refractivity contribution in [3.05, 3.63) is 59.3 Å². The summed E-state index contributed by atoms with van der Waals surface area (Å²) in [6.07, 6.45) is 4.26. The molecule has 0 fully saturated rings. The van der Waals surface area contributed by atoms with Gasteiger partial charge >= 0.3 is 0 Å². The van der Waals surface area contributed by atoms with Gasteiger partial charge in [-0.3, -0.25) is 4.79 Å². The van der Waals surface area contributed by atoms with E-state index in [1.165, 1.54) is 5.56 Å². The molecule has 0 saturated carbocycles. The number of nitrogens with two attached hydrogens (primary N) is 1. The minimum absolute atomic E-state index is 0.103. The molecular formula is C29H41N3O4. The van der Waals surface area contributed by atoms with Gasteiger partial charge in [0.05, 0.1) is 11.1 Å². The quantitative estimate of drug-likeness (QED) is 0.304. The monoisotopic (exact) mass is 495 g/mol. The van der Waals surface area contributed by atoms with E-state index < -0.39 is 5.91 Å². The molecule has 0 spiro atoms. The first-order valence-corrected chi connectivity index (χ1v) is 12.8. The van der Waals surface area contributed by atoms with E-state index in [2.05, 4.69) is 37.4 Å². The highest BCUT2D eigenvalue weighted by Crippen LogP contribution is 2.31. The Morgan fingerprint density at radius 1 is 1.14 bits per heavy atom. The highest BCUT2D eigenvalue weighted by molar-refractivity contribution is 6.05. The van der Waals surface area contributed by atoms with Crippen LogP contribution < -0.4 is 20.5 Å². The Morgan fingerprint density at radius 2 is 1.92 bits per heavy atom. The van der Waals surface area contributed by atoms with Gasteiger partial charge in [0, 0.05) is 37.3 Å². The fourth-order valence-corrected chi connectivity index (χ4v) is 4.34. The van der Waals surface area contributed by atoms with Gasteiger partial charge in [0.1, 0.15) is 12.2 Å². The van der Waals surface area contributed by atoms with E-state index in [9.17, 15) is 4.79 Å². The molecule has 1 amide bonds. The molecule has 0 aliphatic heterocycles. The average Bonchev–Trinajstić information content (AvgIpc) is 3.22. The standard InChI is InChI=1S/C29H41N3O4/c1-6-21-8-9-25(26(19-21)36-29(3,4)5)35-15-11-31-20(2)16-22-17-23-10-13-32(12-7-14-33)27(23)24(18-22)28(30)34/h8-10,13,17-20,31,33H,6-7,11-12,14-16H2,1-5H3,(H2,30,34). The SMILES string of the molecule is CCc1ccc(OCCNC(C)Cc2cc(C(N)=O)c3c(ccn3CCCO)c2)c(OC(C)(C)C)c1. The number of primary amides is 1. The molecule has 4 N–H and O–H groups in total. The fourth-order valence-electron chi connectivity index (χ4n) is 4.34. The number of carbonyl (C=O) groups excluding carboxylic acids is 1. The molecule has 3 rings (SSSR count). The first-order valence-electron chi connectivity index (χ1n) is 12.8. The maximum absolute atomic E-state index is 12.2. The first kappa shape index (κ1) is 27.6. The number of carbonyl (C=O) groups is 1. The van der Waals surface area contributed by atoms with Crippen LogP contribution in [0.4, 0.5) is 0 Å². The summed E-state index contributed by atoms with van der Waals surface area (Å²) in [5.74, 6) is 1.08. The topological polar surface area (TPSA) is 98.7 Å². The summed E-state index contributed by atoms with van der Waals surface area (Å²) in [5.41, 5.74) is 9.02. The molecule has 1 heterocycles. The van der Waals surface area contributed by atoms with Crippen LogP contribution in [0.25, 0.3) is 10.9 Å². The predicted molar refractivity (Wildman–Crippen MR) is 145 cm³/mol. The Labute approximate surface area is 214 Å². The summed E-state index contributed by atoms with van der Waals surface area (Å²) in [6.45, 7) is 12.3. The lowest BCUT2D eigenvalue weighted by molar-refractivity contribution is 0.100. The lowest BCUT2D eigenvalue weighted by Gasteiger charge is -2.24. The first-order chi connectivity index (χ1) is 17.1. The van der Waals surface area contributed by atoms with E-state index in [0.29, 0.717) is 31.7 Å². The molecule has 0 aliphatic rings. The number of hydrogen-bond acceptors (Lipinski definition) is 5. The summed E-state index contributed by atoms with van der Waals surface area (Å²) < 4.78 is 14.2.